The molecule has 0 atom stereocenters. The van der Waals surface area contributed by atoms with Crippen LogP contribution in [0, 0.1) is 0 Å². The molecular formula is C9H14N2O2. The summed E-state index contributed by atoms with van der Waals surface area (Å²) in [5, 5.41) is 0. The van der Waals surface area contributed by atoms with E-state index in [1.165, 1.54) is 0 Å². The standard InChI is InChI=1S/C9H14N2O2/c1-3-4-7-13-9(12)8-10-5-6-11(8)2/h5-6H,3-4,7H2,1-2H3. The van der Waals surface area contributed by atoms with Crippen molar-refractivity contribution in [3.63, 3.8) is 0 Å². The van der Waals surface area contributed by atoms with Crippen molar-refractivity contribution >= 4 is 5.97 Å². The second-order valence-electron chi connectivity index (χ2n) is 2.85. The fraction of sp³-hybridized carbons (Fsp3) is 0.556. The first-order valence-electron chi connectivity index (χ1n) is 4.40. The van der Waals surface area contributed by atoms with E-state index in [2.05, 4.69) is 11.9 Å². The molecule has 0 fully saturated rings. The largest absolute Gasteiger partial charge is 0.460 e. The average molecular weight is 182 g/mol. The Hall–Kier alpha value is -1.32. The van der Waals surface area contributed by atoms with Crippen molar-refractivity contribution in [1.29, 1.82) is 0 Å². The first-order valence-corrected chi connectivity index (χ1v) is 4.40. The second kappa shape index (κ2) is 4.64. The zero-order valence-corrected chi connectivity index (χ0v) is 7.99. The quantitative estimate of drug-likeness (QED) is 0.522. The van der Waals surface area contributed by atoms with Crippen molar-refractivity contribution in [1.82, 2.24) is 9.55 Å². The molecule has 1 heterocycles. The van der Waals surface area contributed by atoms with Gasteiger partial charge in [0, 0.05) is 19.4 Å². The maximum Gasteiger partial charge on any atom is 0.374 e. The number of ether oxygens (including phenoxy) is 1. The molecule has 13 heavy (non-hydrogen) atoms. The predicted octanol–water partition coefficient (Wildman–Crippen LogP) is 1.38. The molecule has 0 bridgehead atoms. The van der Waals surface area contributed by atoms with Gasteiger partial charge in [-0.05, 0) is 6.42 Å². The van der Waals surface area contributed by atoms with Crippen LogP contribution in [0.4, 0.5) is 0 Å². The van der Waals surface area contributed by atoms with Crippen molar-refractivity contribution in [2.45, 2.75) is 19.8 Å². The molecule has 1 aromatic rings. The Balaban J connectivity index is 2.45. The van der Waals surface area contributed by atoms with Crippen LogP contribution in [0.15, 0.2) is 12.4 Å². The fourth-order valence-corrected chi connectivity index (χ4v) is 0.936. The van der Waals surface area contributed by atoms with Crippen LogP contribution in [0.2, 0.25) is 0 Å². The number of aryl methyl sites for hydroxylation is 1. The van der Waals surface area contributed by atoms with Crippen LogP contribution >= 0.6 is 0 Å². The van der Waals surface area contributed by atoms with Gasteiger partial charge in [0.05, 0.1) is 6.61 Å². The molecule has 0 aliphatic heterocycles. The van der Waals surface area contributed by atoms with E-state index in [0.29, 0.717) is 12.4 Å². The maximum absolute atomic E-state index is 11.3. The van der Waals surface area contributed by atoms with Gasteiger partial charge in [-0.2, -0.15) is 0 Å². The lowest BCUT2D eigenvalue weighted by Crippen LogP contribution is -2.11. The van der Waals surface area contributed by atoms with Crippen LogP contribution < -0.4 is 0 Å². The van der Waals surface area contributed by atoms with Crippen molar-refractivity contribution in [3.05, 3.63) is 18.2 Å². The van der Waals surface area contributed by atoms with Gasteiger partial charge in [-0.25, -0.2) is 9.78 Å². The van der Waals surface area contributed by atoms with E-state index in [-0.39, 0.29) is 5.97 Å². The Morgan fingerprint density at radius 2 is 2.46 bits per heavy atom. The first kappa shape index (κ1) is 9.77. The molecule has 0 aromatic carbocycles. The minimum atomic E-state index is -0.346. The molecule has 0 amide bonds. The Morgan fingerprint density at radius 3 is 3.00 bits per heavy atom. The lowest BCUT2D eigenvalue weighted by molar-refractivity contribution is 0.0481. The molecule has 72 valence electrons. The molecular weight excluding hydrogens is 168 g/mol. The number of carbonyl (C=O) groups is 1. The zero-order chi connectivity index (χ0) is 9.68. The van der Waals surface area contributed by atoms with Crippen LogP contribution in [-0.2, 0) is 11.8 Å². The average Bonchev–Trinajstić information content (AvgIpc) is 2.52. The molecule has 0 N–H and O–H groups in total. The molecule has 1 aromatic heterocycles. The minimum Gasteiger partial charge on any atom is -0.460 e. The van der Waals surface area contributed by atoms with Crippen LogP contribution in [-0.4, -0.2) is 22.1 Å². The maximum atomic E-state index is 11.3. The Kier molecular flexibility index (Phi) is 3.49. The monoisotopic (exact) mass is 182 g/mol. The lowest BCUT2D eigenvalue weighted by Gasteiger charge is -2.02. The Bertz CT molecular complexity index is 281. The van der Waals surface area contributed by atoms with Crippen molar-refractivity contribution in [3.8, 4) is 0 Å². The zero-order valence-electron chi connectivity index (χ0n) is 7.99. The van der Waals surface area contributed by atoms with Gasteiger partial charge in [-0.15, -0.1) is 0 Å². The molecule has 0 saturated carbocycles. The highest BCUT2D eigenvalue weighted by Gasteiger charge is 2.11. The summed E-state index contributed by atoms with van der Waals surface area (Å²) >= 11 is 0. The van der Waals surface area contributed by atoms with Crippen LogP contribution in [0.3, 0.4) is 0 Å². The molecule has 0 aliphatic carbocycles. The number of imidazole rings is 1. The minimum absolute atomic E-state index is 0.346. The van der Waals surface area contributed by atoms with Gasteiger partial charge < -0.3 is 9.30 Å². The van der Waals surface area contributed by atoms with Gasteiger partial charge in [-0.1, -0.05) is 13.3 Å². The molecule has 0 unspecified atom stereocenters. The van der Waals surface area contributed by atoms with Gasteiger partial charge in [0.15, 0.2) is 0 Å². The van der Waals surface area contributed by atoms with Crippen molar-refractivity contribution in [2.75, 3.05) is 6.61 Å². The molecule has 4 nitrogen and oxygen atoms in total. The summed E-state index contributed by atoms with van der Waals surface area (Å²) in [7, 11) is 1.77. The third kappa shape index (κ3) is 2.57. The number of hydrogen-bond acceptors (Lipinski definition) is 3. The molecule has 4 heteroatoms. The van der Waals surface area contributed by atoms with E-state index in [0.717, 1.165) is 12.8 Å². The Labute approximate surface area is 77.5 Å². The molecule has 1 rings (SSSR count). The van der Waals surface area contributed by atoms with Crippen LogP contribution in [0.1, 0.15) is 30.4 Å². The van der Waals surface area contributed by atoms with E-state index >= 15 is 0 Å². The number of aromatic nitrogens is 2. The molecule has 0 radical (unpaired) electrons. The summed E-state index contributed by atoms with van der Waals surface area (Å²) in [4.78, 5) is 15.2. The third-order valence-corrected chi connectivity index (χ3v) is 1.73. The molecule has 0 aliphatic rings. The van der Waals surface area contributed by atoms with E-state index in [4.69, 9.17) is 4.74 Å². The summed E-state index contributed by atoms with van der Waals surface area (Å²) in [5.41, 5.74) is 0. The lowest BCUT2D eigenvalue weighted by atomic mass is 10.4. The SMILES string of the molecule is CCCCOC(=O)c1nccn1C. The van der Waals surface area contributed by atoms with Gasteiger partial charge in [-0.3, -0.25) is 0 Å². The van der Waals surface area contributed by atoms with Gasteiger partial charge in [0.1, 0.15) is 0 Å². The summed E-state index contributed by atoms with van der Waals surface area (Å²) in [6, 6.07) is 0. The van der Waals surface area contributed by atoms with Crippen molar-refractivity contribution in [2.24, 2.45) is 7.05 Å². The van der Waals surface area contributed by atoms with Crippen molar-refractivity contribution < 1.29 is 9.53 Å². The third-order valence-electron chi connectivity index (χ3n) is 1.73. The van der Waals surface area contributed by atoms with Gasteiger partial charge in [0.2, 0.25) is 5.82 Å². The van der Waals surface area contributed by atoms with E-state index < -0.39 is 0 Å². The van der Waals surface area contributed by atoms with E-state index in [1.807, 2.05) is 0 Å². The summed E-state index contributed by atoms with van der Waals surface area (Å²) < 4.78 is 6.63. The summed E-state index contributed by atoms with van der Waals surface area (Å²) in [6.07, 6.45) is 5.22. The number of hydrogen-bond donors (Lipinski definition) is 0. The fourth-order valence-electron chi connectivity index (χ4n) is 0.936. The number of rotatable bonds is 4. The van der Waals surface area contributed by atoms with Crippen LogP contribution in [0.25, 0.3) is 0 Å². The highest BCUT2D eigenvalue weighted by molar-refractivity contribution is 5.85. The summed E-state index contributed by atoms with van der Waals surface area (Å²) in [6.45, 7) is 2.52. The summed E-state index contributed by atoms with van der Waals surface area (Å²) in [5.74, 6) is 0.0112. The predicted molar refractivity (Wildman–Crippen MR) is 48.4 cm³/mol. The van der Waals surface area contributed by atoms with E-state index in [1.54, 1.807) is 24.0 Å². The number of esters is 1. The number of nitrogens with zero attached hydrogens (tertiary/aromatic N) is 2. The normalized spacial score (nSPS) is 10.0. The van der Waals surface area contributed by atoms with Gasteiger partial charge >= 0.3 is 5.97 Å². The molecule has 0 spiro atoms. The number of unbranched alkanes of at least 4 members (excludes halogenated alkanes) is 1. The first-order chi connectivity index (χ1) is 6.25. The topological polar surface area (TPSA) is 44.1 Å². The number of carbonyl (C=O) groups excluding carboxylic acids is 1. The van der Waals surface area contributed by atoms with E-state index in [9.17, 15) is 4.79 Å². The molecule has 0 saturated heterocycles. The van der Waals surface area contributed by atoms with Gasteiger partial charge in [0.25, 0.3) is 0 Å². The highest BCUT2D eigenvalue weighted by Crippen LogP contribution is 1.98. The van der Waals surface area contributed by atoms with Crippen LogP contribution in [0.5, 0.6) is 0 Å². The smallest absolute Gasteiger partial charge is 0.374 e. The Morgan fingerprint density at radius 1 is 1.69 bits per heavy atom. The highest BCUT2D eigenvalue weighted by atomic mass is 16.5. The second-order valence-corrected chi connectivity index (χ2v) is 2.85.